The molecule has 2 heteroatoms. The Morgan fingerprint density at radius 3 is 2.60 bits per heavy atom. The normalized spacial score (nSPS) is 33.4. The Bertz CT molecular complexity index is 95.3. The number of rotatable bonds is 3. The monoisotopic (exact) mass is 255 g/mol. The molecule has 0 radical (unpaired) electrons. The number of hydrogen-bond acceptors (Lipinski definition) is 1. The molecular weight excluding hydrogens is 239 g/mol. The summed E-state index contributed by atoms with van der Waals surface area (Å²) in [6, 6.07) is 0. The van der Waals surface area contributed by atoms with Crippen molar-refractivity contribution in [2.75, 3.05) is 9.36 Å². The molecule has 1 rings (SSSR count). The maximum absolute atomic E-state index is 5.78. The molecule has 1 saturated heterocycles. The summed E-state index contributed by atoms with van der Waals surface area (Å²) in [6.07, 6.45) is 5.08. The minimum absolute atomic E-state index is 0.445. The van der Waals surface area contributed by atoms with Crippen LogP contribution in [0.4, 0.5) is 0 Å². The molecule has 62 valence electrons. The molecule has 0 spiro atoms. The van der Waals surface area contributed by atoms with Crippen molar-refractivity contribution in [1.29, 1.82) is 0 Å². The van der Waals surface area contributed by atoms with Gasteiger partial charge in [0.15, 0.2) is 0 Å². The van der Waals surface area contributed by atoms with Gasteiger partial charge in [-0.3, -0.25) is 0 Å². The molecule has 0 aliphatic carbocycles. The molecule has 1 aliphatic rings. The summed E-state index contributed by atoms with van der Waals surface area (Å²) in [5.41, 5.74) is 0. The fourth-order valence-corrected chi connectivity index (χ4v) is 3.00. The average Bonchev–Trinajstić information content (AvgIpc) is 2.37. The summed E-state index contributed by atoms with van der Waals surface area (Å²) >= 11 is 0.445. The molecule has 2 atom stereocenters. The molecule has 0 aromatic rings. The molecule has 10 heavy (non-hydrogen) atoms. The fraction of sp³-hybridized carbons (Fsp3) is 1.00. The van der Waals surface area contributed by atoms with Gasteiger partial charge >= 0.3 is 73.7 Å². The van der Waals surface area contributed by atoms with Crippen LogP contribution in [-0.2, 0) is 4.74 Å². The number of hydrogen-bond donors (Lipinski definition) is 0. The summed E-state index contributed by atoms with van der Waals surface area (Å²) in [7, 11) is 0. The van der Waals surface area contributed by atoms with Crippen LogP contribution in [0.3, 0.4) is 0 Å². The number of ether oxygens (including phenoxy) is 1. The Balaban J connectivity index is 2.15. The Labute approximate surface area is 73.8 Å². The third-order valence-electron chi connectivity index (χ3n) is 1.98. The molecule has 0 aromatic carbocycles. The molecule has 1 heterocycles. The van der Waals surface area contributed by atoms with Crippen molar-refractivity contribution < 1.29 is 25.9 Å². The van der Waals surface area contributed by atoms with Crippen LogP contribution in [0, 0.1) is 0 Å². The van der Waals surface area contributed by atoms with Gasteiger partial charge in [0.1, 0.15) is 0 Å². The SMILES string of the molecule is CCC1CCC(C[I-]C)O1. The van der Waals surface area contributed by atoms with Crippen LogP contribution in [0.5, 0.6) is 0 Å². The first-order chi connectivity index (χ1) is 4.86. The first-order valence-electron chi connectivity index (χ1n) is 3.96. The number of halogens is 1. The van der Waals surface area contributed by atoms with Crippen molar-refractivity contribution >= 4 is 0 Å². The van der Waals surface area contributed by atoms with E-state index in [0.29, 0.717) is 33.4 Å². The first-order valence-corrected chi connectivity index (χ1v) is 7.64. The molecule has 0 amide bonds. The second kappa shape index (κ2) is 4.54. The summed E-state index contributed by atoms with van der Waals surface area (Å²) < 4.78 is 7.15. The second-order valence-corrected chi connectivity index (χ2v) is 5.19. The van der Waals surface area contributed by atoms with E-state index < -0.39 is 0 Å². The van der Waals surface area contributed by atoms with Gasteiger partial charge < -0.3 is 0 Å². The van der Waals surface area contributed by atoms with E-state index in [9.17, 15) is 0 Å². The van der Waals surface area contributed by atoms with E-state index in [-0.39, 0.29) is 0 Å². The van der Waals surface area contributed by atoms with E-state index in [4.69, 9.17) is 4.74 Å². The van der Waals surface area contributed by atoms with Crippen LogP contribution in [-0.4, -0.2) is 21.6 Å². The Morgan fingerprint density at radius 2 is 2.10 bits per heavy atom. The molecule has 2 unspecified atom stereocenters. The van der Waals surface area contributed by atoms with Crippen LogP contribution < -0.4 is 21.2 Å². The van der Waals surface area contributed by atoms with E-state index in [0.717, 1.165) is 0 Å². The van der Waals surface area contributed by atoms with Gasteiger partial charge in [-0.15, -0.1) is 0 Å². The van der Waals surface area contributed by atoms with Gasteiger partial charge in [-0.25, -0.2) is 0 Å². The summed E-state index contributed by atoms with van der Waals surface area (Å²) in [5.74, 6) is 0. The Kier molecular flexibility index (Phi) is 3.99. The minimum atomic E-state index is 0.445. The second-order valence-electron chi connectivity index (χ2n) is 2.79. The summed E-state index contributed by atoms with van der Waals surface area (Å²) in [5, 5.41) is 0. The zero-order chi connectivity index (χ0) is 7.40. The average molecular weight is 255 g/mol. The van der Waals surface area contributed by atoms with Gasteiger partial charge in [0.2, 0.25) is 0 Å². The van der Waals surface area contributed by atoms with E-state index in [2.05, 4.69) is 11.9 Å². The van der Waals surface area contributed by atoms with Gasteiger partial charge in [0.05, 0.1) is 0 Å². The predicted molar refractivity (Wildman–Crippen MR) is 39.0 cm³/mol. The van der Waals surface area contributed by atoms with E-state index in [1.54, 1.807) is 0 Å². The zero-order valence-electron chi connectivity index (χ0n) is 6.77. The molecular formula is C8H16IO-. The Hall–Kier alpha value is 0.690. The third kappa shape index (κ3) is 2.38. The van der Waals surface area contributed by atoms with Crippen LogP contribution in [0.1, 0.15) is 26.2 Å². The van der Waals surface area contributed by atoms with Gasteiger partial charge in [-0.05, 0) is 0 Å². The Morgan fingerprint density at radius 1 is 1.40 bits per heavy atom. The van der Waals surface area contributed by atoms with Gasteiger partial charge in [-0.2, -0.15) is 0 Å². The topological polar surface area (TPSA) is 9.23 Å². The van der Waals surface area contributed by atoms with Crippen molar-refractivity contribution in [2.45, 2.75) is 38.4 Å². The fourth-order valence-electron chi connectivity index (χ4n) is 1.37. The van der Waals surface area contributed by atoms with Crippen molar-refractivity contribution in [2.24, 2.45) is 0 Å². The van der Waals surface area contributed by atoms with Crippen molar-refractivity contribution in [3.63, 3.8) is 0 Å². The van der Waals surface area contributed by atoms with Gasteiger partial charge in [0.25, 0.3) is 0 Å². The molecule has 1 aliphatic heterocycles. The van der Waals surface area contributed by atoms with E-state index >= 15 is 0 Å². The molecule has 0 aromatic heterocycles. The predicted octanol–water partition coefficient (Wildman–Crippen LogP) is -1.34. The molecule has 1 nitrogen and oxygen atoms in total. The maximum atomic E-state index is 5.78. The van der Waals surface area contributed by atoms with Crippen LogP contribution in [0.15, 0.2) is 0 Å². The quantitative estimate of drug-likeness (QED) is 0.448. The van der Waals surface area contributed by atoms with Gasteiger partial charge in [0, 0.05) is 0 Å². The van der Waals surface area contributed by atoms with Crippen LogP contribution in [0.25, 0.3) is 0 Å². The summed E-state index contributed by atoms with van der Waals surface area (Å²) in [4.78, 5) is 2.33. The van der Waals surface area contributed by atoms with Crippen molar-refractivity contribution in [3.05, 3.63) is 0 Å². The van der Waals surface area contributed by atoms with Crippen LogP contribution in [0.2, 0.25) is 0 Å². The molecule has 0 saturated carbocycles. The van der Waals surface area contributed by atoms with E-state index in [1.807, 2.05) is 0 Å². The summed E-state index contributed by atoms with van der Waals surface area (Å²) in [6.45, 7) is 2.22. The molecule has 1 fully saturated rings. The van der Waals surface area contributed by atoms with Crippen molar-refractivity contribution in [3.8, 4) is 0 Å². The standard InChI is InChI=1S/C8H16IO/c1-3-7-4-5-8(10-7)6-9-2/h7-8H,3-6H2,1-2H3/q-1. The number of alkyl halides is 2. The van der Waals surface area contributed by atoms with Crippen molar-refractivity contribution in [1.82, 2.24) is 0 Å². The molecule has 0 bridgehead atoms. The first kappa shape index (κ1) is 8.78. The van der Waals surface area contributed by atoms with Gasteiger partial charge in [-0.1, -0.05) is 0 Å². The van der Waals surface area contributed by atoms with Crippen LogP contribution >= 0.6 is 0 Å². The van der Waals surface area contributed by atoms with E-state index in [1.165, 1.54) is 23.7 Å². The zero-order valence-corrected chi connectivity index (χ0v) is 8.93. The molecule has 0 N–H and O–H groups in total. The third-order valence-corrected chi connectivity index (χ3v) is 3.84.